The zero-order valence-corrected chi connectivity index (χ0v) is 16.1. The van der Waals surface area contributed by atoms with Gasteiger partial charge in [-0.1, -0.05) is 12.1 Å². The molecule has 2 heterocycles. The third-order valence-corrected chi connectivity index (χ3v) is 6.92. The number of hydrogen-bond acceptors (Lipinski definition) is 3. The first-order valence-electron chi connectivity index (χ1n) is 9.12. The number of ether oxygens (including phenoxy) is 1. The van der Waals surface area contributed by atoms with Crippen LogP contribution in [0.15, 0.2) is 53.6 Å². The number of H-pyrrole nitrogens is 1. The maximum atomic E-state index is 12.6. The summed E-state index contributed by atoms with van der Waals surface area (Å²) in [5.41, 5.74) is 5.06. The predicted molar refractivity (Wildman–Crippen MR) is 110 cm³/mol. The number of aryl methyl sites for hydroxylation is 1. The number of fused-ring (bicyclic) bond motifs is 3. The van der Waals surface area contributed by atoms with Crippen LogP contribution in [-0.2, 0) is 10.8 Å². The zero-order chi connectivity index (χ0) is 18.5. The molecule has 1 N–H and O–H groups in total. The number of hydrogen-bond donors (Lipinski definition) is 1. The van der Waals surface area contributed by atoms with Gasteiger partial charge in [0.1, 0.15) is 11.4 Å². The highest BCUT2D eigenvalue weighted by Crippen LogP contribution is 2.40. The van der Waals surface area contributed by atoms with Gasteiger partial charge in [0.15, 0.2) is 0 Å². The first-order chi connectivity index (χ1) is 13.2. The van der Waals surface area contributed by atoms with Crippen molar-refractivity contribution in [1.82, 2.24) is 9.97 Å². The van der Waals surface area contributed by atoms with Gasteiger partial charge in [-0.2, -0.15) is 0 Å². The molecule has 2 aromatic heterocycles. The van der Waals surface area contributed by atoms with Gasteiger partial charge in [-0.3, -0.25) is 4.21 Å². The minimum absolute atomic E-state index is 0.330. The Morgan fingerprint density at radius 1 is 1.19 bits per heavy atom. The summed E-state index contributed by atoms with van der Waals surface area (Å²) >= 11 is 0. The van der Waals surface area contributed by atoms with E-state index in [2.05, 4.69) is 34.2 Å². The summed E-state index contributed by atoms with van der Waals surface area (Å²) in [6.07, 6.45) is 4.00. The quantitative estimate of drug-likeness (QED) is 0.547. The van der Waals surface area contributed by atoms with Crippen LogP contribution >= 0.6 is 0 Å². The largest absolute Gasteiger partial charge is 0.495 e. The summed E-state index contributed by atoms with van der Waals surface area (Å²) in [6.45, 7) is 2.05. The molecule has 5 heteroatoms. The molecular formula is C22H20N2O2S. The van der Waals surface area contributed by atoms with Crippen molar-refractivity contribution in [3.63, 3.8) is 0 Å². The number of aromatic nitrogens is 2. The van der Waals surface area contributed by atoms with E-state index >= 15 is 0 Å². The van der Waals surface area contributed by atoms with Gasteiger partial charge in [-0.25, -0.2) is 4.98 Å². The molecule has 0 amide bonds. The Balaban J connectivity index is 1.78. The Morgan fingerprint density at radius 3 is 2.81 bits per heavy atom. The molecule has 5 rings (SSSR count). The number of nitrogens with zero attached hydrogens (tertiary/aromatic N) is 1. The van der Waals surface area contributed by atoms with Gasteiger partial charge >= 0.3 is 0 Å². The first kappa shape index (κ1) is 16.5. The van der Waals surface area contributed by atoms with E-state index in [0.29, 0.717) is 5.25 Å². The molecule has 0 saturated heterocycles. The van der Waals surface area contributed by atoms with Crippen molar-refractivity contribution in [1.29, 1.82) is 0 Å². The number of rotatable bonds is 4. The molecule has 136 valence electrons. The number of methoxy groups -OCH3 is 1. The minimum atomic E-state index is -0.914. The van der Waals surface area contributed by atoms with Crippen molar-refractivity contribution in [3.8, 4) is 16.9 Å². The normalized spacial score (nSPS) is 15.3. The van der Waals surface area contributed by atoms with E-state index in [1.165, 1.54) is 0 Å². The van der Waals surface area contributed by atoms with Crippen molar-refractivity contribution in [2.75, 3.05) is 7.11 Å². The smallest absolute Gasteiger partial charge is 0.143 e. The lowest BCUT2D eigenvalue weighted by atomic mass is 9.99. The SMILES string of the molecule is COc1ccc(-c2cccc(S(=O)C3CC3)c2)c2c1[nH]c1ncc(C)cc12. The lowest BCUT2D eigenvalue weighted by molar-refractivity contribution is 0.419. The van der Waals surface area contributed by atoms with Crippen LogP contribution in [0.1, 0.15) is 18.4 Å². The molecule has 1 aliphatic rings. The molecule has 2 aromatic carbocycles. The second kappa shape index (κ2) is 6.20. The van der Waals surface area contributed by atoms with Crippen molar-refractivity contribution >= 4 is 32.7 Å². The lowest BCUT2D eigenvalue weighted by Crippen LogP contribution is -1.97. The summed E-state index contributed by atoms with van der Waals surface area (Å²) in [5, 5.41) is 2.50. The molecule has 1 unspecified atom stereocenters. The van der Waals surface area contributed by atoms with Gasteiger partial charge < -0.3 is 9.72 Å². The second-order valence-electron chi connectivity index (χ2n) is 7.12. The molecular weight excluding hydrogens is 356 g/mol. The number of aromatic amines is 1. The Labute approximate surface area is 160 Å². The van der Waals surface area contributed by atoms with Crippen LogP contribution in [0.5, 0.6) is 5.75 Å². The van der Waals surface area contributed by atoms with Crippen molar-refractivity contribution < 1.29 is 8.95 Å². The Bertz CT molecular complexity index is 1210. The fourth-order valence-corrected chi connectivity index (χ4v) is 5.04. The summed E-state index contributed by atoms with van der Waals surface area (Å²) < 4.78 is 18.2. The standard InChI is InChI=1S/C22H20N2O2S/c1-13-10-18-20-17(8-9-19(26-2)21(20)24-22(18)23-12-13)14-4-3-5-16(11-14)27(25)15-6-7-15/h3-5,8-12,15H,6-7H2,1-2H3,(H,23,24). The van der Waals surface area contributed by atoms with Gasteiger partial charge in [-0.05, 0) is 66.8 Å². The van der Waals surface area contributed by atoms with Crippen LogP contribution < -0.4 is 4.74 Å². The third kappa shape index (κ3) is 2.73. The van der Waals surface area contributed by atoms with Gasteiger partial charge in [0.2, 0.25) is 0 Å². The summed E-state index contributed by atoms with van der Waals surface area (Å²) in [4.78, 5) is 8.86. The average Bonchev–Trinajstić information content (AvgIpc) is 3.48. The molecule has 1 fully saturated rings. The maximum Gasteiger partial charge on any atom is 0.143 e. The molecule has 1 aliphatic carbocycles. The van der Waals surface area contributed by atoms with Gasteiger partial charge in [0.05, 0.1) is 23.4 Å². The van der Waals surface area contributed by atoms with Crippen molar-refractivity contribution in [2.45, 2.75) is 29.9 Å². The average molecular weight is 376 g/mol. The van der Waals surface area contributed by atoms with Gasteiger partial charge in [0, 0.05) is 27.1 Å². The lowest BCUT2D eigenvalue weighted by Gasteiger charge is -2.10. The van der Waals surface area contributed by atoms with Crippen LogP contribution in [0.3, 0.4) is 0 Å². The summed E-state index contributed by atoms with van der Waals surface area (Å²) in [5.74, 6) is 0.794. The van der Waals surface area contributed by atoms with Crippen LogP contribution in [0, 0.1) is 6.92 Å². The Morgan fingerprint density at radius 2 is 2.04 bits per heavy atom. The molecule has 4 aromatic rings. The van der Waals surface area contributed by atoms with Crippen molar-refractivity contribution in [2.24, 2.45) is 0 Å². The van der Waals surface area contributed by atoms with Gasteiger partial charge in [-0.15, -0.1) is 0 Å². The summed E-state index contributed by atoms with van der Waals surface area (Å²) in [6, 6.07) is 14.3. The second-order valence-corrected chi connectivity index (χ2v) is 8.86. The maximum absolute atomic E-state index is 12.6. The van der Waals surface area contributed by atoms with Crippen LogP contribution in [0.2, 0.25) is 0 Å². The number of benzene rings is 2. The van der Waals surface area contributed by atoms with E-state index in [1.807, 2.05) is 31.3 Å². The Hall–Kier alpha value is -2.66. The molecule has 0 spiro atoms. The summed E-state index contributed by atoms with van der Waals surface area (Å²) in [7, 11) is 0.765. The van der Waals surface area contributed by atoms with E-state index in [4.69, 9.17) is 4.74 Å². The molecule has 0 radical (unpaired) electrons. The zero-order valence-electron chi connectivity index (χ0n) is 15.3. The molecule has 4 nitrogen and oxygen atoms in total. The topological polar surface area (TPSA) is 55.0 Å². The Kier molecular flexibility index (Phi) is 3.79. The van der Waals surface area contributed by atoms with E-state index in [0.717, 1.165) is 62.1 Å². The number of nitrogens with one attached hydrogen (secondary N) is 1. The van der Waals surface area contributed by atoms with Crippen LogP contribution in [-0.4, -0.2) is 26.5 Å². The highest BCUT2D eigenvalue weighted by atomic mass is 32.2. The number of pyridine rings is 1. The molecule has 0 aliphatic heterocycles. The van der Waals surface area contributed by atoms with E-state index < -0.39 is 10.8 Å². The molecule has 0 bridgehead atoms. The van der Waals surface area contributed by atoms with Crippen LogP contribution in [0.4, 0.5) is 0 Å². The predicted octanol–water partition coefficient (Wildman–Crippen LogP) is 4.97. The first-order valence-corrected chi connectivity index (χ1v) is 10.3. The highest BCUT2D eigenvalue weighted by molar-refractivity contribution is 7.86. The monoisotopic (exact) mass is 376 g/mol. The van der Waals surface area contributed by atoms with E-state index in [9.17, 15) is 4.21 Å². The highest BCUT2D eigenvalue weighted by Gasteiger charge is 2.29. The van der Waals surface area contributed by atoms with E-state index in [-0.39, 0.29) is 0 Å². The van der Waals surface area contributed by atoms with E-state index in [1.54, 1.807) is 7.11 Å². The van der Waals surface area contributed by atoms with Crippen LogP contribution in [0.25, 0.3) is 33.1 Å². The van der Waals surface area contributed by atoms with Crippen molar-refractivity contribution in [3.05, 3.63) is 54.2 Å². The minimum Gasteiger partial charge on any atom is -0.495 e. The fraction of sp³-hybridized carbons (Fsp3) is 0.227. The molecule has 1 saturated carbocycles. The fourth-order valence-electron chi connectivity index (χ4n) is 3.64. The molecule has 27 heavy (non-hydrogen) atoms. The third-order valence-electron chi connectivity index (χ3n) is 5.13. The molecule has 1 atom stereocenters. The van der Waals surface area contributed by atoms with Gasteiger partial charge in [0.25, 0.3) is 0 Å².